The third kappa shape index (κ3) is 2.93. The molecule has 8 heteroatoms. The van der Waals surface area contributed by atoms with Crippen LogP contribution in [0.25, 0.3) is 11.2 Å². The second-order valence-corrected chi connectivity index (χ2v) is 7.22. The van der Waals surface area contributed by atoms with Crippen molar-refractivity contribution in [2.24, 2.45) is 7.05 Å². The first-order valence-corrected chi connectivity index (χ1v) is 9.56. The fraction of sp³-hybridized carbons (Fsp3) is 0.450. The van der Waals surface area contributed by atoms with Crippen molar-refractivity contribution < 1.29 is 4.74 Å². The number of hydrogen-bond acceptors (Lipinski definition) is 5. The number of anilines is 2. The normalized spacial score (nSPS) is 14.3. The molecular weight excluding hydrogens is 358 g/mol. The van der Waals surface area contributed by atoms with Gasteiger partial charge in [0.05, 0.1) is 13.2 Å². The largest absolute Gasteiger partial charge is 0.383 e. The summed E-state index contributed by atoms with van der Waals surface area (Å²) in [5.74, 6) is 0.716. The van der Waals surface area contributed by atoms with Gasteiger partial charge in [0.15, 0.2) is 11.2 Å². The summed E-state index contributed by atoms with van der Waals surface area (Å²) in [6, 6.07) is 8.28. The molecule has 0 radical (unpaired) electrons. The average Bonchev–Trinajstić information content (AvgIpc) is 2.95. The molecule has 0 bridgehead atoms. The van der Waals surface area contributed by atoms with E-state index in [1.165, 1.54) is 14.7 Å². The summed E-state index contributed by atoms with van der Waals surface area (Å²) < 4.78 is 9.73. The highest BCUT2D eigenvalue weighted by Gasteiger charge is 2.25. The van der Waals surface area contributed by atoms with Gasteiger partial charge in [-0.3, -0.25) is 13.9 Å². The first-order valence-electron chi connectivity index (χ1n) is 9.56. The Morgan fingerprint density at radius 2 is 1.82 bits per heavy atom. The Hall–Kier alpha value is -2.87. The lowest BCUT2D eigenvalue weighted by Gasteiger charge is -2.22. The Balaban J connectivity index is 1.96. The van der Waals surface area contributed by atoms with Crippen molar-refractivity contribution in [2.75, 3.05) is 25.2 Å². The predicted octanol–water partition coefficient (Wildman–Crippen LogP) is 1.78. The van der Waals surface area contributed by atoms with Crippen LogP contribution < -0.4 is 16.1 Å². The highest BCUT2D eigenvalue weighted by Crippen LogP contribution is 2.30. The SMILES string of the molecule is COCCn1c(=O)c2c(nc3n2CCCCN3c2ccc(C)cc2)n(C)c1=O. The highest BCUT2D eigenvalue weighted by molar-refractivity contribution is 5.76. The minimum Gasteiger partial charge on any atom is -0.383 e. The van der Waals surface area contributed by atoms with E-state index >= 15 is 0 Å². The summed E-state index contributed by atoms with van der Waals surface area (Å²) in [5, 5.41) is 0. The number of aromatic nitrogens is 4. The molecule has 148 valence electrons. The summed E-state index contributed by atoms with van der Waals surface area (Å²) in [6.45, 7) is 4.10. The minimum atomic E-state index is -0.371. The lowest BCUT2D eigenvalue weighted by Crippen LogP contribution is -2.40. The smallest absolute Gasteiger partial charge is 0.332 e. The molecule has 0 aliphatic carbocycles. The van der Waals surface area contributed by atoms with Crippen LogP contribution >= 0.6 is 0 Å². The predicted molar refractivity (Wildman–Crippen MR) is 109 cm³/mol. The van der Waals surface area contributed by atoms with E-state index in [1.807, 2.05) is 4.57 Å². The van der Waals surface area contributed by atoms with Crippen LogP contribution in [-0.2, 0) is 24.9 Å². The van der Waals surface area contributed by atoms with Gasteiger partial charge in [-0.25, -0.2) is 4.79 Å². The molecule has 0 saturated heterocycles. The second kappa shape index (κ2) is 7.27. The van der Waals surface area contributed by atoms with E-state index in [0.717, 1.165) is 25.1 Å². The van der Waals surface area contributed by atoms with Gasteiger partial charge in [-0.05, 0) is 31.9 Å². The number of benzene rings is 1. The van der Waals surface area contributed by atoms with E-state index in [2.05, 4.69) is 36.1 Å². The van der Waals surface area contributed by atoms with Crippen LogP contribution in [0.5, 0.6) is 0 Å². The molecule has 1 aliphatic rings. The summed E-state index contributed by atoms with van der Waals surface area (Å²) in [7, 11) is 3.22. The van der Waals surface area contributed by atoms with Crippen molar-refractivity contribution >= 4 is 22.8 Å². The van der Waals surface area contributed by atoms with Crippen molar-refractivity contribution in [1.29, 1.82) is 0 Å². The van der Waals surface area contributed by atoms with Crippen LogP contribution in [0.3, 0.4) is 0 Å². The molecule has 0 unspecified atom stereocenters. The Bertz CT molecular complexity index is 1120. The molecule has 0 saturated carbocycles. The molecule has 1 aliphatic heterocycles. The lowest BCUT2D eigenvalue weighted by atomic mass is 10.2. The number of methoxy groups -OCH3 is 1. The number of fused-ring (bicyclic) bond motifs is 3. The molecule has 1 aromatic carbocycles. The molecule has 28 heavy (non-hydrogen) atoms. The Morgan fingerprint density at radius 3 is 2.54 bits per heavy atom. The number of nitrogens with zero attached hydrogens (tertiary/aromatic N) is 5. The minimum absolute atomic E-state index is 0.222. The van der Waals surface area contributed by atoms with Crippen molar-refractivity contribution in [3.05, 3.63) is 50.7 Å². The summed E-state index contributed by atoms with van der Waals surface area (Å²) in [6.07, 6.45) is 1.95. The van der Waals surface area contributed by atoms with E-state index in [-0.39, 0.29) is 17.8 Å². The molecule has 0 fully saturated rings. The molecule has 2 aromatic heterocycles. The van der Waals surface area contributed by atoms with Gasteiger partial charge in [0.25, 0.3) is 5.56 Å². The summed E-state index contributed by atoms with van der Waals surface area (Å²) in [5.41, 5.74) is 2.46. The fourth-order valence-corrected chi connectivity index (χ4v) is 3.77. The molecule has 0 N–H and O–H groups in total. The van der Waals surface area contributed by atoms with E-state index in [0.29, 0.717) is 30.3 Å². The van der Waals surface area contributed by atoms with Crippen LogP contribution in [0.1, 0.15) is 18.4 Å². The molecule has 3 aromatic rings. The van der Waals surface area contributed by atoms with Gasteiger partial charge in [-0.1, -0.05) is 17.7 Å². The molecular formula is C20H25N5O3. The average molecular weight is 383 g/mol. The van der Waals surface area contributed by atoms with Crippen molar-refractivity contribution in [3.8, 4) is 0 Å². The van der Waals surface area contributed by atoms with E-state index in [1.54, 1.807) is 14.2 Å². The quantitative estimate of drug-likeness (QED) is 0.687. The number of imidazole rings is 1. The maximum Gasteiger partial charge on any atom is 0.332 e. The zero-order chi connectivity index (χ0) is 19.8. The number of ether oxygens (including phenoxy) is 1. The molecule has 0 spiro atoms. The Labute approximate surface area is 162 Å². The zero-order valence-corrected chi connectivity index (χ0v) is 16.5. The Kier molecular flexibility index (Phi) is 4.80. The van der Waals surface area contributed by atoms with Crippen molar-refractivity contribution in [3.63, 3.8) is 0 Å². The number of hydrogen-bond donors (Lipinski definition) is 0. The standard InChI is InChI=1S/C20H25N5O3/c1-14-6-8-15(9-7-14)23-10-4-5-11-24-16-17(21-19(23)24)22(2)20(27)25(18(16)26)12-13-28-3/h6-9H,4-5,10-13H2,1-3H3. The van der Waals surface area contributed by atoms with Crippen molar-refractivity contribution in [1.82, 2.24) is 18.7 Å². The van der Waals surface area contributed by atoms with Gasteiger partial charge in [0, 0.05) is 32.9 Å². The second-order valence-electron chi connectivity index (χ2n) is 7.22. The van der Waals surface area contributed by atoms with Gasteiger partial charge in [-0.15, -0.1) is 0 Å². The zero-order valence-electron chi connectivity index (χ0n) is 16.5. The van der Waals surface area contributed by atoms with E-state index < -0.39 is 0 Å². The maximum absolute atomic E-state index is 13.2. The van der Waals surface area contributed by atoms with Gasteiger partial charge in [0.2, 0.25) is 5.95 Å². The molecule has 4 rings (SSSR count). The topological polar surface area (TPSA) is 74.3 Å². The van der Waals surface area contributed by atoms with Gasteiger partial charge >= 0.3 is 5.69 Å². The molecule has 3 heterocycles. The summed E-state index contributed by atoms with van der Waals surface area (Å²) >= 11 is 0. The van der Waals surface area contributed by atoms with Crippen LogP contribution in [0.15, 0.2) is 33.9 Å². The third-order valence-corrected chi connectivity index (χ3v) is 5.33. The van der Waals surface area contributed by atoms with Gasteiger partial charge in [-0.2, -0.15) is 4.98 Å². The third-order valence-electron chi connectivity index (χ3n) is 5.33. The number of rotatable bonds is 4. The Morgan fingerprint density at radius 1 is 1.11 bits per heavy atom. The van der Waals surface area contributed by atoms with Crippen molar-refractivity contribution in [2.45, 2.75) is 32.9 Å². The summed E-state index contributed by atoms with van der Waals surface area (Å²) in [4.78, 5) is 32.7. The fourth-order valence-electron chi connectivity index (χ4n) is 3.77. The molecule has 8 nitrogen and oxygen atoms in total. The highest BCUT2D eigenvalue weighted by atomic mass is 16.5. The monoisotopic (exact) mass is 383 g/mol. The lowest BCUT2D eigenvalue weighted by molar-refractivity contribution is 0.184. The molecule has 0 atom stereocenters. The van der Waals surface area contributed by atoms with Crippen LogP contribution in [-0.4, -0.2) is 38.9 Å². The van der Waals surface area contributed by atoms with Gasteiger partial charge < -0.3 is 14.2 Å². The number of aryl methyl sites for hydroxylation is 3. The van der Waals surface area contributed by atoms with Gasteiger partial charge in [0.1, 0.15) is 0 Å². The van der Waals surface area contributed by atoms with E-state index in [4.69, 9.17) is 9.72 Å². The van der Waals surface area contributed by atoms with E-state index in [9.17, 15) is 9.59 Å². The first-order chi connectivity index (χ1) is 13.5. The van der Waals surface area contributed by atoms with Crippen LogP contribution in [0, 0.1) is 6.92 Å². The van der Waals surface area contributed by atoms with Crippen LogP contribution in [0.2, 0.25) is 0 Å². The van der Waals surface area contributed by atoms with Crippen LogP contribution in [0.4, 0.5) is 11.6 Å². The molecule has 0 amide bonds. The maximum atomic E-state index is 13.2. The first kappa shape index (κ1) is 18.5.